The number of anilines is 2. The molecule has 20 heavy (non-hydrogen) atoms. The molecular formula is C13H21N3O3S. The van der Waals surface area contributed by atoms with Crippen LogP contribution in [0.1, 0.15) is 20.3 Å². The molecule has 1 aromatic carbocycles. The maximum atomic E-state index is 11.8. The number of amides is 1. The number of benzene rings is 1. The summed E-state index contributed by atoms with van der Waals surface area (Å²) in [6.45, 7) is 4.00. The zero-order valence-corrected chi connectivity index (χ0v) is 12.7. The minimum Gasteiger partial charge on any atom is -0.325 e. The molecule has 0 saturated carbocycles. The highest BCUT2D eigenvalue weighted by atomic mass is 32.2. The number of rotatable bonds is 6. The second-order valence-electron chi connectivity index (χ2n) is 5.18. The topological polar surface area (TPSA) is 101 Å². The van der Waals surface area contributed by atoms with Crippen molar-refractivity contribution in [2.45, 2.75) is 26.3 Å². The van der Waals surface area contributed by atoms with Crippen LogP contribution in [0.2, 0.25) is 0 Å². The van der Waals surface area contributed by atoms with Crippen LogP contribution in [0.5, 0.6) is 0 Å². The van der Waals surface area contributed by atoms with Crippen LogP contribution in [0.25, 0.3) is 0 Å². The molecule has 1 rings (SSSR count). The summed E-state index contributed by atoms with van der Waals surface area (Å²) in [4.78, 5) is 11.8. The number of carbonyl (C=O) groups excluding carboxylic acids is 1. The van der Waals surface area contributed by atoms with Crippen molar-refractivity contribution in [1.82, 2.24) is 0 Å². The van der Waals surface area contributed by atoms with Gasteiger partial charge in [-0.05, 0) is 36.6 Å². The fourth-order valence-electron chi connectivity index (χ4n) is 1.69. The maximum absolute atomic E-state index is 11.8. The third kappa shape index (κ3) is 6.03. The van der Waals surface area contributed by atoms with Crippen molar-refractivity contribution in [3.05, 3.63) is 24.3 Å². The van der Waals surface area contributed by atoms with Gasteiger partial charge in [-0.2, -0.15) is 0 Å². The number of carbonyl (C=O) groups is 1. The molecule has 1 atom stereocenters. The molecule has 6 nitrogen and oxygen atoms in total. The van der Waals surface area contributed by atoms with Crippen LogP contribution in [-0.2, 0) is 14.8 Å². The van der Waals surface area contributed by atoms with Gasteiger partial charge in [0.1, 0.15) is 0 Å². The molecule has 4 N–H and O–H groups in total. The highest BCUT2D eigenvalue weighted by molar-refractivity contribution is 7.92. The van der Waals surface area contributed by atoms with E-state index in [1.807, 2.05) is 13.8 Å². The lowest BCUT2D eigenvalue weighted by molar-refractivity contribution is -0.117. The van der Waals surface area contributed by atoms with Crippen LogP contribution in [0, 0.1) is 5.92 Å². The smallest absolute Gasteiger partial charge is 0.241 e. The number of sulfonamides is 1. The molecule has 112 valence electrons. The molecule has 0 fully saturated rings. The van der Waals surface area contributed by atoms with Crippen LogP contribution < -0.4 is 15.8 Å². The zero-order valence-electron chi connectivity index (χ0n) is 11.9. The number of nitrogens with two attached hydrogens (primary N) is 1. The van der Waals surface area contributed by atoms with E-state index in [9.17, 15) is 13.2 Å². The summed E-state index contributed by atoms with van der Waals surface area (Å²) in [5, 5.41) is 2.70. The first kappa shape index (κ1) is 16.5. The molecule has 0 saturated heterocycles. The lowest BCUT2D eigenvalue weighted by Crippen LogP contribution is -2.36. The van der Waals surface area contributed by atoms with Crippen molar-refractivity contribution in [3.8, 4) is 0 Å². The third-order valence-electron chi connectivity index (χ3n) is 2.52. The van der Waals surface area contributed by atoms with Crippen molar-refractivity contribution in [2.75, 3.05) is 16.3 Å². The van der Waals surface area contributed by atoms with Gasteiger partial charge in [-0.3, -0.25) is 9.52 Å². The molecule has 0 aliphatic rings. The van der Waals surface area contributed by atoms with Gasteiger partial charge in [-0.1, -0.05) is 13.8 Å². The summed E-state index contributed by atoms with van der Waals surface area (Å²) in [7, 11) is -3.30. The predicted molar refractivity (Wildman–Crippen MR) is 81.0 cm³/mol. The summed E-state index contributed by atoms with van der Waals surface area (Å²) in [6.07, 6.45) is 1.69. The minimum absolute atomic E-state index is 0.248. The second-order valence-corrected chi connectivity index (χ2v) is 6.93. The zero-order chi connectivity index (χ0) is 15.3. The van der Waals surface area contributed by atoms with E-state index in [-0.39, 0.29) is 5.91 Å². The van der Waals surface area contributed by atoms with Crippen molar-refractivity contribution >= 4 is 27.3 Å². The minimum atomic E-state index is -3.30. The van der Waals surface area contributed by atoms with Gasteiger partial charge in [0.05, 0.1) is 12.3 Å². The van der Waals surface area contributed by atoms with Crippen molar-refractivity contribution in [2.24, 2.45) is 11.7 Å². The number of hydrogen-bond acceptors (Lipinski definition) is 4. The van der Waals surface area contributed by atoms with E-state index < -0.39 is 16.1 Å². The van der Waals surface area contributed by atoms with Crippen LogP contribution in [0.15, 0.2) is 24.3 Å². The second kappa shape index (κ2) is 6.71. The molecule has 0 heterocycles. The fraction of sp³-hybridized carbons (Fsp3) is 0.462. The molecule has 0 aliphatic heterocycles. The largest absolute Gasteiger partial charge is 0.325 e. The molecule has 0 bridgehead atoms. The van der Waals surface area contributed by atoms with E-state index in [0.29, 0.717) is 23.7 Å². The number of nitrogens with one attached hydrogen (secondary N) is 2. The highest BCUT2D eigenvalue weighted by Gasteiger charge is 2.14. The maximum Gasteiger partial charge on any atom is 0.241 e. The molecule has 0 aliphatic carbocycles. The SMILES string of the molecule is CC(C)C[C@H](N)C(=O)Nc1ccc(NS(C)(=O)=O)cc1. The van der Waals surface area contributed by atoms with Gasteiger partial charge >= 0.3 is 0 Å². The quantitative estimate of drug-likeness (QED) is 0.738. The Labute approximate surface area is 119 Å². The Kier molecular flexibility index (Phi) is 5.52. The normalized spacial score (nSPS) is 13.1. The number of hydrogen-bond donors (Lipinski definition) is 3. The molecule has 0 aromatic heterocycles. The van der Waals surface area contributed by atoms with Gasteiger partial charge in [0.2, 0.25) is 15.9 Å². The monoisotopic (exact) mass is 299 g/mol. The van der Waals surface area contributed by atoms with Crippen LogP contribution in [0.4, 0.5) is 11.4 Å². The third-order valence-corrected chi connectivity index (χ3v) is 3.12. The summed E-state index contributed by atoms with van der Waals surface area (Å²) >= 11 is 0. The first-order valence-electron chi connectivity index (χ1n) is 6.31. The molecule has 1 amide bonds. The Balaban J connectivity index is 2.63. The standard InChI is InChI=1S/C13H21N3O3S/c1-9(2)8-12(14)13(17)15-10-4-6-11(7-5-10)16-20(3,18)19/h4-7,9,12,16H,8,14H2,1-3H3,(H,15,17)/t12-/m0/s1. The Bertz CT molecular complexity index is 553. The van der Waals surface area contributed by atoms with Gasteiger partial charge in [0.15, 0.2) is 0 Å². The first-order valence-corrected chi connectivity index (χ1v) is 8.21. The summed E-state index contributed by atoms with van der Waals surface area (Å²) in [6, 6.07) is 5.83. The van der Waals surface area contributed by atoms with Crippen molar-refractivity contribution < 1.29 is 13.2 Å². The summed E-state index contributed by atoms with van der Waals surface area (Å²) in [5.41, 5.74) is 6.79. The van der Waals surface area contributed by atoms with Gasteiger partial charge in [-0.25, -0.2) is 8.42 Å². The van der Waals surface area contributed by atoms with Crippen LogP contribution in [0.3, 0.4) is 0 Å². The van der Waals surface area contributed by atoms with E-state index in [4.69, 9.17) is 5.73 Å². The fourth-order valence-corrected chi connectivity index (χ4v) is 2.25. The van der Waals surface area contributed by atoms with E-state index in [1.165, 1.54) is 0 Å². The van der Waals surface area contributed by atoms with Crippen molar-refractivity contribution in [3.63, 3.8) is 0 Å². The average Bonchev–Trinajstić information content (AvgIpc) is 2.28. The summed E-state index contributed by atoms with van der Waals surface area (Å²) < 4.78 is 24.5. The molecular weight excluding hydrogens is 278 g/mol. The van der Waals surface area contributed by atoms with Crippen LogP contribution in [-0.4, -0.2) is 26.6 Å². The molecule has 1 aromatic rings. The highest BCUT2D eigenvalue weighted by Crippen LogP contribution is 2.15. The Morgan fingerprint density at radius 3 is 2.15 bits per heavy atom. The Hall–Kier alpha value is -1.60. The average molecular weight is 299 g/mol. The Morgan fingerprint density at radius 1 is 1.20 bits per heavy atom. The van der Waals surface area contributed by atoms with Crippen LogP contribution >= 0.6 is 0 Å². The van der Waals surface area contributed by atoms with E-state index in [0.717, 1.165) is 6.26 Å². The van der Waals surface area contributed by atoms with Gasteiger partial charge in [0, 0.05) is 11.4 Å². The molecule has 0 unspecified atom stereocenters. The Morgan fingerprint density at radius 2 is 1.70 bits per heavy atom. The lowest BCUT2D eigenvalue weighted by atomic mass is 10.0. The van der Waals surface area contributed by atoms with Crippen molar-refractivity contribution in [1.29, 1.82) is 0 Å². The van der Waals surface area contributed by atoms with E-state index >= 15 is 0 Å². The predicted octanol–water partition coefficient (Wildman–Crippen LogP) is 1.37. The molecule has 7 heteroatoms. The van der Waals surface area contributed by atoms with Gasteiger partial charge in [0.25, 0.3) is 0 Å². The summed E-state index contributed by atoms with van der Waals surface area (Å²) in [5.74, 6) is 0.0969. The molecule has 0 spiro atoms. The molecule has 0 radical (unpaired) electrons. The van der Waals surface area contributed by atoms with E-state index in [2.05, 4.69) is 10.0 Å². The van der Waals surface area contributed by atoms with Gasteiger partial charge < -0.3 is 11.1 Å². The van der Waals surface area contributed by atoms with Gasteiger partial charge in [-0.15, -0.1) is 0 Å². The first-order chi connectivity index (χ1) is 9.17. The lowest BCUT2D eigenvalue weighted by Gasteiger charge is -2.14. The van der Waals surface area contributed by atoms with E-state index in [1.54, 1.807) is 24.3 Å².